The quantitative estimate of drug-likeness (QED) is 0.106. The van der Waals surface area contributed by atoms with E-state index in [-0.39, 0.29) is 41.1 Å². The molecule has 0 amide bonds. The third-order valence-electron chi connectivity index (χ3n) is 13.2. The molecule has 0 saturated heterocycles. The van der Waals surface area contributed by atoms with E-state index in [1.165, 1.54) is 130 Å². The van der Waals surface area contributed by atoms with Crippen molar-refractivity contribution in [3.8, 4) is 22.3 Å². The van der Waals surface area contributed by atoms with Gasteiger partial charge in [-0.25, -0.2) is 0 Å². The second-order valence-corrected chi connectivity index (χ2v) is 29.1. The molecule has 0 unspecified atom stereocenters. The van der Waals surface area contributed by atoms with Crippen LogP contribution in [0.5, 0.6) is 0 Å². The number of hydrogen-bond acceptors (Lipinski definition) is 0. The Balaban J connectivity index is 0.000000228. The fourth-order valence-electron chi connectivity index (χ4n) is 9.54. The maximum absolute atomic E-state index is 2.47. The summed E-state index contributed by atoms with van der Waals surface area (Å²) in [6, 6.07) is 41.3. The van der Waals surface area contributed by atoms with Gasteiger partial charge in [0, 0.05) is 0 Å². The number of fused-ring (bicyclic) bond motifs is 2. The Labute approximate surface area is 380 Å². The van der Waals surface area contributed by atoms with Gasteiger partial charge in [0.25, 0.3) is 0 Å². The molecular weight excluding hydrogens is 839 g/mol. The van der Waals surface area contributed by atoms with Crippen LogP contribution in [0.3, 0.4) is 0 Å². The molecule has 0 bridgehead atoms. The summed E-state index contributed by atoms with van der Waals surface area (Å²) in [4.78, 5) is 0. The van der Waals surface area contributed by atoms with Crippen LogP contribution in [0.2, 0.25) is 13.1 Å². The van der Waals surface area contributed by atoms with Gasteiger partial charge in [0.1, 0.15) is 0 Å². The van der Waals surface area contributed by atoms with Gasteiger partial charge in [-0.05, 0) is 82.4 Å². The van der Waals surface area contributed by atoms with Gasteiger partial charge in [0.2, 0.25) is 0 Å². The molecule has 0 heterocycles. The van der Waals surface area contributed by atoms with Crippen LogP contribution < -0.4 is 24.8 Å². The number of rotatable bonds is 8. The molecule has 4 heteroatoms. The molecule has 8 rings (SSSR count). The minimum absolute atomic E-state index is 0. The monoisotopic (exact) mass is 904 g/mol. The molecule has 0 aliphatic heterocycles. The maximum atomic E-state index is 2.47. The van der Waals surface area contributed by atoms with E-state index in [1.54, 1.807) is 23.3 Å². The summed E-state index contributed by atoms with van der Waals surface area (Å²) in [7, 11) is 0. The van der Waals surface area contributed by atoms with E-state index < -0.39 is 0 Å². The van der Waals surface area contributed by atoms with Crippen LogP contribution in [-0.2, 0) is 47.0 Å². The molecule has 58 heavy (non-hydrogen) atoms. The van der Waals surface area contributed by atoms with Crippen LogP contribution in [0.1, 0.15) is 129 Å². The predicted octanol–water partition coefficient (Wildman–Crippen LogP) is 10.1. The fourth-order valence-corrected chi connectivity index (χ4v) is 9.54. The number of hydrogen-bond donors (Lipinski definition) is 0. The molecule has 0 radical (unpaired) electrons. The second kappa shape index (κ2) is 20.1. The molecule has 0 aromatic heterocycles. The first-order valence-corrected chi connectivity index (χ1v) is 27.8. The molecule has 0 N–H and O–H groups in total. The minimum Gasteiger partial charge on any atom is -1.00 e. The molecule has 2 saturated carbocycles. The van der Waals surface area contributed by atoms with Crippen molar-refractivity contribution in [2.45, 2.75) is 144 Å². The van der Waals surface area contributed by atoms with Crippen molar-refractivity contribution in [1.82, 2.24) is 0 Å². The summed E-state index contributed by atoms with van der Waals surface area (Å²) in [6.07, 6.45) is 13.6. The Morgan fingerprint density at radius 3 is 1.16 bits per heavy atom. The van der Waals surface area contributed by atoms with Crippen molar-refractivity contribution in [1.29, 1.82) is 0 Å². The van der Waals surface area contributed by atoms with Crippen molar-refractivity contribution in [2.24, 2.45) is 10.8 Å². The Morgan fingerprint density at radius 1 is 0.534 bits per heavy atom. The maximum Gasteiger partial charge on any atom is -1.00 e. The van der Waals surface area contributed by atoms with E-state index in [1.807, 2.05) is 0 Å². The zero-order valence-corrected chi connectivity index (χ0v) is 42.2. The smallest absolute Gasteiger partial charge is 1.00 e. The van der Waals surface area contributed by atoms with E-state index in [4.69, 9.17) is 0 Å². The van der Waals surface area contributed by atoms with Gasteiger partial charge >= 0.3 is 41.9 Å². The molecule has 6 aromatic carbocycles. The van der Waals surface area contributed by atoms with Crippen LogP contribution in [0.4, 0.5) is 0 Å². The van der Waals surface area contributed by atoms with Crippen molar-refractivity contribution < 1.29 is 48.1 Å². The van der Waals surface area contributed by atoms with E-state index in [0.717, 1.165) is 0 Å². The van der Waals surface area contributed by atoms with E-state index in [9.17, 15) is 0 Å². The average Bonchev–Trinajstić information content (AvgIpc) is 3.74. The summed E-state index contributed by atoms with van der Waals surface area (Å²) in [5.74, 6) is 0. The van der Waals surface area contributed by atoms with Gasteiger partial charge in [-0.1, -0.05) is 153 Å². The van der Waals surface area contributed by atoms with Crippen LogP contribution >= 0.6 is 0 Å². The molecule has 0 spiro atoms. The molecule has 2 aliphatic rings. The molecule has 0 nitrogen and oxygen atoms in total. The van der Waals surface area contributed by atoms with E-state index in [0.29, 0.717) is 10.8 Å². The van der Waals surface area contributed by atoms with Gasteiger partial charge in [-0.3, -0.25) is 0 Å². The van der Waals surface area contributed by atoms with Gasteiger partial charge in [0.15, 0.2) is 0 Å². The fraction of sp³-hybridized carbons (Fsp3) is 0.444. The Hall–Kier alpha value is -2.22. The zero-order chi connectivity index (χ0) is 40.3. The summed E-state index contributed by atoms with van der Waals surface area (Å²) < 4.78 is 0. The van der Waals surface area contributed by atoms with E-state index >= 15 is 0 Å². The van der Waals surface area contributed by atoms with Crippen LogP contribution in [-0.4, -0.2) is 5.43 Å². The Kier molecular flexibility index (Phi) is 16.8. The summed E-state index contributed by atoms with van der Waals surface area (Å²) in [6.45, 7) is 23.2. The first-order chi connectivity index (χ1) is 26.6. The number of halogens is 2. The summed E-state index contributed by atoms with van der Waals surface area (Å²) in [5.41, 5.74) is 13.1. The Morgan fingerprint density at radius 2 is 0.862 bits per heavy atom. The topological polar surface area (TPSA) is 0 Å². The van der Waals surface area contributed by atoms with Crippen molar-refractivity contribution in [2.75, 3.05) is 0 Å². The molecule has 2 fully saturated rings. The van der Waals surface area contributed by atoms with Crippen LogP contribution in [0.25, 0.3) is 43.8 Å². The van der Waals surface area contributed by atoms with E-state index in [2.05, 4.69) is 178 Å². The van der Waals surface area contributed by atoms with Crippen molar-refractivity contribution >= 4 is 27.0 Å². The SMILES string of the molecule is CCC1(Cc2cc3c(-c4ccccc4C(C)(C)C)cccc3[cH-]2)CCC1.CCC1(Cc2cc3c(-c4ccccc4C(C)(C)C)cccc3[cH-]2)CCC1.C[Si](C)=[Zr+2].[Cl-].[Cl-]. The number of benzene rings is 4. The zero-order valence-electron chi connectivity index (χ0n) is 37.2. The molecular formula is C54H68Cl2SiZr-2. The third-order valence-corrected chi connectivity index (χ3v) is 13.2. The third kappa shape index (κ3) is 11.2. The largest absolute Gasteiger partial charge is 1.00 e. The standard InChI is InChI=1S/2C26H31.C2H6Si.2ClH.Zr/c2*1-5-26(14-9-15-26)18-19-16-20-10-8-12-21(23(20)17-19)22-11-6-7-13-24(22)25(2,3)4;1-3-2;;;/h2*6-8,10-13,16-17H,5,9,14-15,18H2,1-4H3;1-2H3;2*1H;/q2*-1;;;;+2/p-2. The van der Waals surface area contributed by atoms with Gasteiger partial charge in [0.05, 0.1) is 0 Å². The van der Waals surface area contributed by atoms with Crippen LogP contribution in [0, 0.1) is 10.8 Å². The molecule has 308 valence electrons. The Bertz CT molecular complexity index is 2090. The molecule has 2 aliphatic carbocycles. The second-order valence-electron chi connectivity index (χ2n) is 19.7. The van der Waals surface area contributed by atoms with Gasteiger partial charge in [-0.2, -0.15) is 12.1 Å². The normalized spacial score (nSPS) is 15.4. The summed E-state index contributed by atoms with van der Waals surface area (Å²) in [5, 5.41) is 5.63. The van der Waals surface area contributed by atoms with Crippen LogP contribution in [0.15, 0.2) is 109 Å². The van der Waals surface area contributed by atoms with Gasteiger partial charge < -0.3 is 24.8 Å². The average molecular weight is 907 g/mol. The first kappa shape index (κ1) is 48.4. The summed E-state index contributed by atoms with van der Waals surface area (Å²) >= 11 is 1.74. The molecule has 0 atom stereocenters. The minimum atomic E-state index is 0. The first-order valence-electron chi connectivity index (χ1n) is 21.7. The van der Waals surface area contributed by atoms with Crippen molar-refractivity contribution in [3.63, 3.8) is 0 Å². The predicted molar refractivity (Wildman–Crippen MR) is 245 cm³/mol. The van der Waals surface area contributed by atoms with Crippen molar-refractivity contribution in [3.05, 3.63) is 131 Å². The molecule has 6 aromatic rings. The van der Waals surface area contributed by atoms with Gasteiger partial charge in [-0.15, -0.1) is 69.1 Å².